The molecule has 0 amide bonds. The molecule has 0 atom stereocenters. The molecular formula is C12H18N4O2S2. The van der Waals surface area contributed by atoms with Crippen molar-refractivity contribution in [1.82, 2.24) is 15.5 Å². The summed E-state index contributed by atoms with van der Waals surface area (Å²) < 4.78 is 27.1. The van der Waals surface area contributed by atoms with E-state index in [1.165, 1.54) is 23.7 Å². The standard InChI is InChI=1S/C12H18N4O2S2/c1-8(2)13-7-11-4-12(9(3)19-11)20(17,18)16-10-5-14-15-6-10/h4-6,8,13,16H,7H2,1-3H3,(H,14,15). The molecule has 2 heterocycles. The topological polar surface area (TPSA) is 86.9 Å². The number of aromatic nitrogens is 2. The van der Waals surface area contributed by atoms with Crippen LogP contribution >= 0.6 is 11.3 Å². The third-order valence-electron chi connectivity index (χ3n) is 2.65. The molecular weight excluding hydrogens is 296 g/mol. The quantitative estimate of drug-likeness (QED) is 0.762. The molecule has 3 N–H and O–H groups in total. The maximum absolute atomic E-state index is 12.3. The summed E-state index contributed by atoms with van der Waals surface area (Å²) in [5.41, 5.74) is 0.428. The van der Waals surface area contributed by atoms with E-state index in [9.17, 15) is 8.42 Å². The highest BCUT2D eigenvalue weighted by atomic mass is 32.2. The number of hydrogen-bond donors (Lipinski definition) is 3. The van der Waals surface area contributed by atoms with Crippen LogP contribution in [0.1, 0.15) is 23.6 Å². The van der Waals surface area contributed by atoms with Crippen LogP contribution in [0.25, 0.3) is 0 Å². The van der Waals surface area contributed by atoms with Crippen molar-refractivity contribution < 1.29 is 8.42 Å². The largest absolute Gasteiger partial charge is 0.310 e. The highest BCUT2D eigenvalue weighted by molar-refractivity contribution is 7.93. The third kappa shape index (κ3) is 3.59. The van der Waals surface area contributed by atoms with Gasteiger partial charge in [0.05, 0.1) is 11.9 Å². The van der Waals surface area contributed by atoms with Gasteiger partial charge in [-0.05, 0) is 13.0 Å². The van der Waals surface area contributed by atoms with Gasteiger partial charge in [0, 0.05) is 28.5 Å². The van der Waals surface area contributed by atoms with E-state index in [0.717, 1.165) is 9.75 Å². The second kappa shape index (κ2) is 5.94. The molecule has 0 saturated heterocycles. The number of nitrogens with zero attached hydrogens (tertiary/aromatic N) is 1. The number of aromatic amines is 1. The Morgan fingerprint density at radius 1 is 1.45 bits per heavy atom. The van der Waals surface area contributed by atoms with Gasteiger partial charge in [-0.25, -0.2) is 8.42 Å². The zero-order valence-electron chi connectivity index (χ0n) is 11.6. The summed E-state index contributed by atoms with van der Waals surface area (Å²) in [7, 11) is -3.56. The number of anilines is 1. The van der Waals surface area contributed by atoms with Crippen LogP contribution in [0.3, 0.4) is 0 Å². The van der Waals surface area contributed by atoms with Crippen LogP contribution in [-0.2, 0) is 16.6 Å². The van der Waals surface area contributed by atoms with Gasteiger partial charge in [-0.1, -0.05) is 13.8 Å². The van der Waals surface area contributed by atoms with E-state index in [4.69, 9.17) is 0 Å². The average molecular weight is 314 g/mol. The minimum Gasteiger partial charge on any atom is -0.310 e. The number of aryl methyl sites for hydroxylation is 1. The van der Waals surface area contributed by atoms with Gasteiger partial charge in [-0.3, -0.25) is 9.82 Å². The highest BCUT2D eigenvalue weighted by Crippen LogP contribution is 2.27. The molecule has 0 spiro atoms. The van der Waals surface area contributed by atoms with Gasteiger partial charge in [0.15, 0.2) is 0 Å². The van der Waals surface area contributed by atoms with Crippen molar-refractivity contribution in [2.24, 2.45) is 0 Å². The maximum Gasteiger partial charge on any atom is 0.263 e. The first-order valence-corrected chi connectivity index (χ1v) is 8.53. The lowest BCUT2D eigenvalue weighted by Gasteiger charge is -2.05. The summed E-state index contributed by atoms with van der Waals surface area (Å²) in [4.78, 5) is 2.11. The lowest BCUT2D eigenvalue weighted by Crippen LogP contribution is -2.21. The molecule has 0 aromatic carbocycles. The summed E-state index contributed by atoms with van der Waals surface area (Å²) in [6.07, 6.45) is 2.93. The maximum atomic E-state index is 12.3. The summed E-state index contributed by atoms with van der Waals surface area (Å²) in [6, 6.07) is 2.08. The predicted molar refractivity (Wildman–Crippen MR) is 80.4 cm³/mol. The van der Waals surface area contributed by atoms with Gasteiger partial charge >= 0.3 is 0 Å². The van der Waals surface area contributed by atoms with Crippen molar-refractivity contribution in [2.75, 3.05) is 4.72 Å². The first-order chi connectivity index (χ1) is 9.38. The van der Waals surface area contributed by atoms with Gasteiger partial charge in [0.1, 0.15) is 4.90 Å². The lowest BCUT2D eigenvalue weighted by atomic mass is 10.3. The van der Waals surface area contributed by atoms with Crippen molar-refractivity contribution in [2.45, 2.75) is 38.3 Å². The second-order valence-electron chi connectivity index (χ2n) is 4.76. The Kier molecular flexibility index (Phi) is 4.46. The molecule has 2 rings (SSSR count). The van der Waals surface area contributed by atoms with E-state index < -0.39 is 10.0 Å². The Morgan fingerprint density at radius 2 is 2.20 bits per heavy atom. The zero-order chi connectivity index (χ0) is 14.8. The normalized spacial score (nSPS) is 12.0. The fourth-order valence-electron chi connectivity index (χ4n) is 1.70. The Labute approximate surface area is 122 Å². The van der Waals surface area contributed by atoms with Crippen LogP contribution < -0.4 is 10.0 Å². The van der Waals surface area contributed by atoms with Crippen LogP contribution in [0.4, 0.5) is 5.69 Å². The molecule has 20 heavy (non-hydrogen) atoms. The van der Waals surface area contributed by atoms with E-state index in [-0.39, 0.29) is 0 Å². The van der Waals surface area contributed by atoms with Crippen LogP contribution in [-0.4, -0.2) is 24.7 Å². The molecule has 0 bridgehead atoms. The van der Waals surface area contributed by atoms with E-state index in [1.807, 2.05) is 6.92 Å². The van der Waals surface area contributed by atoms with E-state index in [0.29, 0.717) is 23.2 Å². The van der Waals surface area contributed by atoms with Crippen molar-refractivity contribution in [3.8, 4) is 0 Å². The minimum atomic E-state index is -3.56. The van der Waals surface area contributed by atoms with Gasteiger partial charge in [-0.15, -0.1) is 11.3 Å². The Bertz CT molecular complexity index is 660. The van der Waals surface area contributed by atoms with E-state index in [2.05, 4.69) is 34.1 Å². The molecule has 6 nitrogen and oxygen atoms in total. The molecule has 0 fully saturated rings. The molecule has 0 aliphatic carbocycles. The molecule has 0 aliphatic rings. The fourth-order valence-corrected chi connectivity index (χ4v) is 4.32. The molecule has 0 saturated carbocycles. The Balaban J connectivity index is 2.19. The van der Waals surface area contributed by atoms with Crippen molar-refractivity contribution in [3.63, 3.8) is 0 Å². The van der Waals surface area contributed by atoms with Crippen LogP contribution in [0, 0.1) is 6.92 Å². The molecule has 2 aromatic heterocycles. The minimum absolute atomic E-state index is 0.323. The summed E-state index contributed by atoms with van der Waals surface area (Å²) in [6.45, 7) is 6.59. The summed E-state index contributed by atoms with van der Waals surface area (Å²) in [5, 5.41) is 9.57. The first-order valence-electron chi connectivity index (χ1n) is 6.23. The third-order valence-corrected chi connectivity index (χ3v) is 5.33. The van der Waals surface area contributed by atoms with Gasteiger partial charge in [-0.2, -0.15) is 5.10 Å². The van der Waals surface area contributed by atoms with Crippen LogP contribution in [0.2, 0.25) is 0 Å². The summed E-state index contributed by atoms with van der Waals surface area (Å²) >= 11 is 1.49. The van der Waals surface area contributed by atoms with Gasteiger partial charge in [0.25, 0.3) is 10.0 Å². The number of hydrogen-bond acceptors (Lipinski definition) is 5. The monoisotopic (exact) mass is 314 g/mol. The number of rotatable bonds is 6. The molecule has 0 aliphatic heterocycles. The second-order valence-corrected chi connectivity index (χ2v) is 7.75. The van der Waals surface area contributed by atoms with E-state index >= 15 is 0 Å². The van der Waals surface area contributed by atoms with Gasteiger partial charge in [0.2, 0.25) is 0 Å². The van der Waals surface area contributed by atoms with Crippen molar-refractivity contribution in [1.29, 1.82) is 0 Å². The number of thiophene rings is 1. The van der Waals surface area contributed by atoms with Crippen LogP contribution in [0.15, 0.2) is 23.4 Å². The lowest BCUT2D eigenvalue weighted by molar-refractivity contribution is 0.592. The van der Waals surface area contributed by atoms with Crippen molar-refractivity contribution >= 4 is 27.0 Å². The highest BCUT2D eigenvalue weighted by Gasteiger charge is 2.20. The Morgan fingerprint density at radius 3 is 2.80 bits per heavy atom. The van der Waals surface area contributed by atoms with E-state index in [1.54, 1.807) is 6.07 Å². The molecule has 2 aromatic rings. The first kappa shape index (κ1) is 15.0. The predicted octanol–water partition coefficient (Wildman–Crippen LogP) is 2.08. The Hall–Kier alpha value is -1.38. The molecule has 0 radical (unpaired) electrons. The number of nitrogens with one attached hydrogen (secondary N) is 3. The smallest absolute Gasteiger partial charge is 0.263 e. The number of H-pyrrole nitrogens is 1. The summed E-state index contributed by atoms with van der Waals surface area (Å²) in [5.74, 6) is 0. The van der Waals surface area contributed by atoms with Gasteiger partial charge < -0.3 is 5.32 Å². The average Bonchev–Trinajstić information content (AvgIpc) is 2.95. The van der Waals surface area contributed by atoms with Crippen LogP contribution in [0.5, 0.6) is 0 Å². The molecule has 0 unspecified atom stereocenters. The molecule has 110 valence electrons. The SMILES string of the molecule is Cc1sc(CNC(C)C)cc1S(=O)(=O)Nc1cn[nH]c1. The fraction of sp³-hybridized carbons (Fsp3) is 0.417. The van der Waals surface area contributed by atoms with Crippen molar-refractivity contribution in [3.05, 3.63) is 28.2 Å². The molecule has 8 heteroatoms. The number of sulfonamides is 1. The zero-order valence-corrected chi connectivity index (χ0v) is 13.2.